The van der Waals surface area contributed by atoms with Crippen LogP contribution >= 0.6 is 0 Å². The molecule has 21 heavy (non-hydrogen) atoms. The second-order valence-electron chi connectivity index (χ2n) is 7.63. The van der Waals surface area contributed by atoms with Crippen LogP contribution in [0.5, 0.6) is 0 Å². The summed E-state index contributed by atoms with van der Waals surface area (Å²) in [6, 6.07) is 0. The molecule has 1 amide bonds. The zero-order valence-electron chi connectivity index (χ0n) is 13.7. The molecule has 2 rings (SSSR count). The van der Waals surface area contributed by atoms with Gasteiger partial charge in [-0.2, -0.15) is 0 Å². The highest BCUT2D eigenvalue weighted by molar-refractivity contribution is 5.80. The molecule has 0 aromatic rings. The Labute approximate surface area is 128 Å². The second kappa shape index (κ2) is 7.07. The minimum atomic E-state index is -0.352. The number of carbonyl (C=O) groups is 1. The summed E-state index contributed by atoms with van der Waals surface area (Å²) in [6.07, 6.45) is 5.42. The van der Waals surface area contributed by atoms with Crippen LogP contribution < -0.4 is 11.3 Å². The number of nitrogens with two attached hydrogens (primary N) is 1. The quantitative estimate of drug-likeness (QED) is 0.472. The van der Waals surface area contributed by atoms with E-state index in [1.807, 2.05) is 0 Å². The Bertz CT molecular complexity index is 354. The van der Waals surface area contributed by atoms with Crippen molar-refractivity contribution < 1.29 is 9.53 Å². The van der Waals surface area contributed by atoms with Crippen LogP contribution in [-0.4, -0.2) is 42.6 Å². The van der Waals surface area contributed by atoms with Gasteiger partial charge in [-0.25, -0.2) is 5.84 Å². The Morgan fingerprint density at radius 3 is 2.67 bits per heavy atom. The molecule has 0 aromatic carbocycles. The van der Waals surface area contributed by atoms with Gasteiger partial charge in [-0.15, -0.1) is 0 Å². The molecule has 2 saturated heterocycles. The van der Waals surface area contributed by atoms with E-state index in [4.69, 9.17) is 10.6 Å². The van der Waals surface area contributed by atoms with Gasteiger partial charge >= 0.3 is 0 Å². The van der Waals surface area contributed by atoms with Crippen molar-refractivity contribution in [2.24, 2.45) is 17.2 Å². The maximum absolute atomic E-state index is 11.5. The van der Waals surface area contributed by atoms with Gasteiger partial charge in [0.25, 0.3) is 5.91 Å². The fraction of sp³-hybridized carbons (Fsp3) is 0.938. The minimum absolute atomic E-state index is 0.179. The monoisotopic (exact) mass is 297 g/mol. The lowest BCUT2D eigenvalue weighted by atomic mass is 9.77. The Kier molecular flexibility index (Phi) is 5.63. The SMILES string of the molecule is CC(C)(C)C1CCCN(CC2CCC(C(=O)NN)O2)CC1. The minimum Gasteiger partial charge on any atom is -0.364 e. The average Bonchev–Trinajstić information content (AvgIpc) is 2.74. The lowest BCUT2D eigenvalue weighted by molar-refractivity contribution is -0.132. The predicted octanol–water partition coefficient (Wildman–Crippen LogP) is 1.67. The summed E-state index contributed by atoms with van der Waals surface area (Å²) in [6.45, 7) is 10.3. The first-order valence-electron chi connectivity index (χ1n) is 8.28. The first-order valence-corrected chi connectivity index (χ1v) is 8.28. The molecule has 2 aliphatic heterocycles. The summed E-state index contributed by atoms with van der Waals surface area (Å²) in [5.41, 5.74) is 2.59. The topological polar surface area (TPSA) is 67.6 Å². The van der Waals surface area contributed by atoms with E-state index in [9.17, 15) is 4.79 Å². The van der Waals surface area contributed by atoms with Crippen LogP contribution in [0.1, 0.15) is 52.9 Å². The number of hydrazine groups is 1. The third kappa shape index (κ3) is 4.66. The number of rotatable bonds is 3. The standard InChI is InChI=1S/C16H31N3O2/c1-16(2,3)12-5-4-9-19(10-8-12)11-13-6-7-14(21-13)15(20)18-17/h12-14H,4-11,17H2,1-3H3,(H,18,20). The highest BCUT2D eigenvalue weighted by Crippen LogP contribution is 2.34. The van der Waals surface area contributed by atoms with Crippen LogP contribution in [0.4, 0.5) is 0 Å². The molecule has 0 aromatic heterocycles. The average molecular weight is 297 g/mol. The van der Waals surface area contributed by atoms with Crippen molar-refractivity contribution in [3.63, 3.8) is 0 Å². The molecule has 3 unspecified atom stereocenters. The van der Waals surface area contributed by atoms with Gasteiger partial charge in [0.15, 0.2) is 0 Å². The molecule has 2 aliphatic rings. The lowest BCUT2D eigenvalue weighted by Gasteiger charge is -2.30. The van der Waals surface area contributed by atoms with Gasteiger partial charge in [0, 0.05) is 6.54 Å². The van der Waals surface area contributed by atoms with Gasteiger partial charge in [0.1, 0.15) is 6.10 Å². The van der Waals surface area contributed by atoms with Crippen molar-refractivity contribution in [2.75, 3.05) is 19.6 Å². The summed E-state index contributed by atoms with van der Waals surface area (Å²) >= 11 is 0. The molecule has 0 radical (unpaired) electrons. The number of likely N-dealkylation sites (tertiary alicyclic amines) is 1. The van der Waals surface area contributed by atoms with Crippen LogP contribution in [0, 0.1) is 11.3 Å². The van der Waals surface area contributed by atoms with E-state index >= 15 is 0 Å². The van der Waals surface area contributed by atoms with E-state index < -0.39 is 0 Å². The maximum atomic E-state index is 11.5. The zero-order valence-corrected chi connectivity index (χ0v) is 13.7. The molecule has 0 spiro atoms. The van der Waals surface area contributed by atoms with E-state index in [2.05, 4.69) is 31.1 Å². The summed E-state index contributed by atoms with van der Waals surface area (Å²) in [5.74, 6) is 5.78. The second-order valence-corrected chi connectivity index (χ2v) is 7.63. The first kappa shape index (κ1) is 16.7. The molecule has 0 saturated carbocycles. The van der Waals surface area contributed by atoms with Crippen molar-refractivity contribution in [2.45, 2.75) is 65.1 Å². The fourth-order valence-corrected chi connectivity index (χ4v) is 3.62. The fourth-order valence-electron chi connectivity index (χ4n) is 3.62. The molecular formula is C16H31N3O2. The summed E-state index contributed by atoms with van der Waals surface area (Å²) in [4.78, 5) is 14.0. The van der Waals surface area contributed by atoms with Crippen molar-refractivity contribution in [3.8, 4) is 0 Å². The summed E-state index contributed by atoms with van der Waals surface area (Å²) in [5, 5.41) is 0. The summed E-state index contributed by atoms with van der Waals surface area (Å²) < 4.78 is 5.82. The van der Waals surface area contributed by atoms with Gasteiger partial charge in [-0.05, 0) is 56.5 Å². The van der Waals surface area contributed by atoms with Gasteiger partial charge in [-0.1, -0.05) is 20.8 Å². The number of nitrogens with one attached hydrogen (secondary N) is 1. The Morgan fingerprint density at radius 2 is 2.00 bits per heavy atom. The van der Waals surface area contributed by atoms with Gasteiger partial charge in [0.05, 0.1) is 6.10 Å². The molecule has 3 N–H and O–H groups in total. The van der Waals surface area contributed by atoms with Crippen LogP contribution in [0.15, 0.2) is 0 Å². The van der Waals surface area contributed by atoms with E-state index in [-0.39, 0.29) is 18.1 Å². The highest BCUT2D eigenvalue weighted by Gasteiger charge is 2.32. The van der Waals surface area contributed by atoms with Gasteiger partial charge in [-0.3, -0.25) is 10.2 Å². The highest BCUT2D eigenvalue weighted by atomic mass is 16.5. The van der Waals surface area contributed by atoms with Crippen LogP contribution in [0.2, 0.25) is 0 Å². The smallest absolute Gasteiger partial charge is 0.263 e. The molecule has 5 nitrogen and oxygen atoms in total. The number of nitrogens with zero attached hydrogens (tertiary/aromatic N) is 1. The first-order chi connectivity index (χ1) is 9.90. The molecule has 2 heterocycles. The van der Waals surface area contributed by atoms with E-state index in [1.165, 1.54) is 19.3 Å². The van der Waals surface area contributed by atoms with Crippen molar-refractivity contribution in [1.29, 1.82) is 0 Å². The third-order valence-electron chi connectivity index (χ3n) is 5.05. The van der Waals surface area contributed by atoms with E-state index in [0.717, 1.165) is 38.4 Å². The van der Waals surface area contributed by atoms with E-state index in [1.54, 1.807) is 0 Å². The Hall–Kier alpha value is -0.650. The van der Waals surface area contributed by atoms with Crippen molar-refractivity contribution in [1.82, 2.24) is 10.3 Å². The van der Waals surface area contributed by atoms with Crippen molar-refractivity contribution in [3.05, 3.63) is 0 Å². The maximum Gasteiger partial charge on any atom is 0.263 e. The normalized spacial score (nSPS) is 31.9. The van der Waals surface area contributed by atoms with Crippen LogP contribution in [0.3, 0.4) is 0 Å². The largest absolute Gasteiger partial charge is 0.364 e. The van der Waals surface area contributed by atoms with Crippen LogP contribution in [-0.2, 0) is 9.53 Å². The number of amides is 1. The Balaban J connectivity index is 1.78. The van der Waals surface area contributed by atoms with E-state index in [0.29, 0.717) is 5.41 Å². The van der Waals surface area contributed by atoms with Gasteiger partial charge in [0.2, 0.25) is 0 Å². The predicted molar refractivity (Wildman–Crippen MR) is 83.5 cm³/mol. The molecule has 0 aliphatic carbocycles. The summed E-state index contributed by atoms with van der Waals surface area (Å²) in [7, 11) is 0. The van der Waals surface area contributed by atoms with Crippen LogP contribution in [0.25, 0.3) is 0 Å². The van der Waals surface area contributed by atoms with Gasteiger partial charge < -0.3 is 9.64 Å². The Morgan fingerprint density at radius 1 is 1.24 bits per heavy atom. The molecular weight excluding hydrogens is 266 g/mol. The zero-order chi connectivity index (χ0) is 15.5. The molecule has 122 valence electrons. The number of ether oxygens (including phenoxy) is 1. The molecule has 3 atom stereocenters. The lowest BCUT2D eigenvalue weighted by Crippen LogP contribution is -2.40. The number of carbonyl (C=O) groups excluding carboxylic acids is 1. The number of hydrogen-bond donors (Lipinski definition) is 2. The molecule has 5 heteroatoms. The number of hydrogen-bond acceptors (Lipinski definition) is 4. The molecule has 2 fully saturated rings. The molecule has 0 bridgehead atoms. The van der Waals surface area contributed by atoms with Crippen molar-refractivity contribution >= 4 is 5.91 Å². The third-order valence-corrected chi connectivity index (χ3v) is 5.05.